The lowest BCUT2D eigenvalue weighted by molar-refractivity contribution is -0.142. The number of hydrogen-bond acceptors (Lipinski definition) is 2. The maximum atomic E-state index is 11.3. The molecule has 1 aromatic rings. The Kier molecular flexibility index (Phi) is 5.26. The molecule has 2 nitrogen and oxygen atoms in total. The number of rotatable bonds is 5. The van der Waals surface area contributed by atoms with Gasteiger partial charge in [-0.25, -0.2) is 0 Å². The van der Waals surface area contributed by atoms with E-state index in [2.05, 4.69) is 22.5 Å². The van der Waals surface area contributed by atoms with E-state index in [1.54, 1.807) is 0 Å². The Morgan fingerprint density at radius 3 is 2.88 bits per heavy atom. The molecule has 0 unspecified atom stereocenters. The fourth-order valence-electron chi connectivity index (χ4n) is 1.21. The first-order valence-corrected chi connectivity index (χ1v) is 5.91. The molecule has 0 N–H and O–H groups in total. The number of carbonyl (C=O) groups is 1. The third-order valence-electron chi connectivity index (χ3n) is 1.99. The van der Waals surface area contributed by atoms with Crippen molar-refractivity contribution in [3.8, 4) is 0 Å². The second-order valence-corrected chi connectivity index (χ2v) is 4.66. The van der Waals surface area contributed by atoms with Crippen molar-refractivity contribution < 1.29 is 9.53 Å². The van der Waals surface area contributed by atoms with Gasteiger partial charge in [-0.3, -0.25) is 4.79 Å². The van der Waals surface area contributed by atoms with Crippen molar-refractivity contribution in [1.29, 1.82) is 0 Å². The molecule has 0 amide bonds. The van der Waals surface area contributed by atoms with E-state index in [0.29, 0.717) is 19.4 Å². The van der Waals surface area contributed by atoms with Gasteiger partial charge in [0, 0.05) is 10.9 Å². The van der Waals surface area contributed by atoms with Crippen LogP contribution in [-0.4, -0.2) is 12.6 Å². The summed E-state index contributed by atoms with van der Waals surface area (Å²) in [5, 5.41) is 0. The molecule has 1 rings (SSSR count). The van der Waals surface area contributed by atoms with E-state index >= 15 is 0 Å². The summed E-state index contributed by atoms with van der Waals surface area (Å²) in [5.41, 5.74) is 1.98. The van der Waals surface area contributed by atoms with Gasteiger partial charge in [0.25, 0.3) is 0 Å². The average Bonchev–Trinajstić information content (AvgIpc) is 2.23. The van der Waals surface area contributed by atoms with E-state index in [1.807, 2.05) is 31.2 Å². The summed E-state index contributed by atoms with van der Waals surface area (Å²) in [7, 11) is 0. The number of benzene rings is 1. The van der Waals surface area contributed by atoms with E-state index in [-0.39, 0.29) is 5.97 Å². The Hall–Kier alpha value is -1.09. The molecule has 0 aliphatic carbocycles. The summed E-state index contributed by atoms with van der Waals surface area (Å²) in [6.07, 6.45) is 1.11. The van der Waals surface area contributed by atoms with Gasteiger partial charge in [-0.2, -0.15) is 0 Å². The highest BCUT2D eigenvalue weighted by Gasteiger charge is 2.03. The smallest absolute Gasteiger partial charge is 0.306 e. The number of halogens is 1. The van der Waals surface area contributed by atoms with Gasteiger partial charge < -0.3 is 4.74 Å². The van der Waals surface area contributed by atoms with Crippen LogP contribution in [0.15, 0.2) is 40.9 Å². The lowest BCUT2D eigenvalue weighted by Crippen LogP contribution is -2.07. The fraction of sp³-hybridized carbons (Fsp3) is 0.308. The van der Waals surface area contributed by atoms with E-state index in [4.69, 9.17) is 4.74 Å². The van der Waals surface area contributed by atoms with Gasteiger partial charge in [0.05, 0.1) is 0 Å². The Morgan fingerprint density at radius 2 is 2.25 bits per heavy atom. The molecule has 1 aromatic carbocycles. The van der Waals surface area contributed by atoms with Crippen molar-refractivity contribution in [2.45, 2.75) is 19.8 Å². The predicted octanol–water partition coefficient (Wildman–Crippen LogP) is 3.50. The number of ether oxygens (including phenoxy) is 1. The molecule has 0 saturated carbocycles. The summed E-state index contributed by atoms with van der Waals surface area (Å²) in [6.45, 7) is 5.83. The summed E-state index contributed by atoms with van der Waals surface area (Å²) < 4.78 is 6.03. The number of carbonyl (C=O) groups excluding carboxylic acids is 1. The second-order valence-electron chi connectivity index (χ2n) is 3.75. The van der Waals surface area contributed by atoms with Crippen LogP contribution in [0.3, 0.4) is 0 Å². The summed E-state index contributed by atoms with van der Waals surface area (Å²) in [6, 6.07) is 7.92. The molecule has 0 bridgehead atoms. The van der Waals surface area contributed by atoms with Gasteiger partial charge in [-0.05, 0) is 36.6 Å². The van der Waals surface area contributed by atoms with Crippen molar-refractivity contribution in [1.82, 2.24) is 0 Å². The second kappa shape index (κ2) is 6.48. The SMILES string of the molecule is C=C(C)COC(=O)CCc1cccc(Br)c1. The molecular formula is C13H15BrO2. The van der Waals surface area contributed by atoms with E-state index in [9.17, 15) is 4.79 Å². The minimum atomic E-state index is -0.178. The highest BCUT2D eigenvalue weighted by Crippen LogP contribution is 2.13. The molecule has 0 heterocycles. The number of hydrogen-bond donors (Lipinski definition) is 0. The summed E-state index contributed by atoms with van der Waals surface area (Å²) in [5.74, 6) is -0.178. The van der Waals surface area contributed by atoms with Crippen LogP contribution in [0.2, 0.25) is 0 Å². The van der Waals surface area contributed by atoms with Crippen LogP contribution in [0.4, 0.5) is 0 Å². The van der Waals surface area contributed by atoms with Crippen LogP contribution in [-0.2, 0) is 16.0 Å². The maximum absolute atomic E-state index is 11.3. The molecule has 0 radical (unpaired) electrons. The fourth-order valence-corrected chi connectivity index (χ4v) is 1.66. The molecule has 0 fully saturated rings. The lowest BCUT2D eigenvalue weighted by Gasteiger charge is -2.04. The van der Waals surface area contributed by atoms with Gasteiger partial charge in [-0.1, -0.05) is 34.6 Å². The van der Waals surface area contributed by atoms with Gasteiger partial charge in [0.15, 0.2) is 0 Å². The van der Waals surface area contributed by atoms with Crippen molar-refractivity contribution in [2.24, 2.45) is 0 Å². The number of esters is 1. The molecule has 0 aromatic heterocycles. The number of aryl methyl sites for hydroxylation is 1. The molecule has 0 aliphatic heterocycles. The van der Waals surface area contributed by atoms with E-state index in [0.717, 1.165) is 15.6 Å². The van der Waals surface area contributed by atoms with Crippen LogP contribution in [0.1, 0.15) is 18.9 Å². The zero-order valence-electron chi connectivity index (χ0n) is 9.33. The topological polar surface area (TPSA) is 26.3 Å². The first-order valence-electron chi connectivity index (χ1n) is 5.12. The molecule has 86 valence electrons. The largest absolute Gasteiger partial charge is 0.461 e. The zero-order valence-corrected chi connectivity index (χ0v) is 10.9. The zero-order chi connectivity index (χ0) is 12.0. The van der Waals surface area contributed by atoms with Crippen molar-refractivity contribution >= 4 is 21.9 Å². The third-order valence-corrected chi connectivity index (χ3v) is 2.48. The van der Waals surface area contributed by atoms with Crippen molar-refractivity contribution in [3.05, 3.63) is 46.5 Å². The Morgan fingerprint density at radius 1 is 1.50 bits per heavy atom. The molecular weight excluding hydrogens is 268 g/mol. The minimum absolute atomic E-state index is 0.178. The molecule has 0 saturated heterocycles. The molecule has 16 heavy (non-hydrogen) atoms. The van der Waals surface area contributed by atoms with Crippen LogP contribution in [0, 0.1) is 0 Å². The molecule has 0 spiro atoms. The van der Waals surface area contributed by atoms with Gasteiger partial charge >= 0.3 is 5.97 Å². The first-order chi connectivity index (χ1) is 7.58. The molecule has 0 atom stereocenters. The van der Waals surface area contributed by atoms with Gasteiger partial charge in [0.2, 0.25) is 0 Å². The average molecular weight is 283 g/mol. The molecule has 3 heteroatoms. The highest BCUT2D eigenvalue weighted by atomic mass is 79.9. The van der Waals surface area contributed by atoms with Crippen LogP contribution >= 0.6 is 15.9 Å². The standard InChI is InChI=1S/C13H15BrO2/c1-10(2)9-16-13(15)7-6-11-4-3-5-12(14)8-11/h3-5,8H,1,6-7,9H2,2H3. The third kappa shape index (κ3) is 5.12. The van der Waals surface area contributed by atoms with Gasteiger partial charge in [0.1, 0.15) is 6.61 Å². The lowest BCUT2D eigenvalue weighted by atomic mass is 10.1. The molecule has 0 aliphatic rings. The monoisotopic (exact) mass is 282 g/mol. The Bertz CT molecular complexity index is 385. The van der Waals surface area contributed by atoms with Crippen molar-refractivity contribution in [2.75, 3.05) is 6.61 Å². The Balaban J connectivity index is 2.34. The van der Waals surface area contributed by atoms with Crippen LogP contribution < -0.4 is 0 Å². The minimum Gasteiger partial charge on any atom is -0.461 e. The van der Waals surface area contributed by atoms with Crippen molar-refractivity contribution in [3.63, 3.8) is 0 Å². The summed E-state index contributed by atoms with van der Waals surface area (Å²) in [4.78, 5) is 11.3. The van der Waals surface area contributed by atoms with E-state index in [1.165, 1.54) is 0 Å². The van der Waals surface area contributed by atoms with Crippen LogP contribution in [0.5, 0.6) is 0 Å². The quantitative estimate of drug-likeness (QED) is 0.610. The van der Waals surface area contributed by atoms with Crippen LogP contribution in [0.25, 0.3) is 0 Å². The predicted molar refractivity (Wildman–Crippen MR) is 68.2 cm³/mol. The summed E-state index contributed by atoms with van der Waals surface area (Å²) >= 11 is 3.39. The normalized spacial score (nSPS) is 9.88. The van der Waals surface area contributed by atoms with E-state index < -0.39 is 0 Å². The highest BCUT2D eigenvalue weighted by molar-refractivity contribution is 9.10. The Labute approximate surface area is 104 Å². The van der Waals surface area contributed by atoms with Gasteiger partial charge in [-0.15, -0.1) is 0 Å². The first kappa shape index (κ1) is 13.0. The maximum Gasteiger partial charge on any atom is 0.306 e.